The van der Waals surface area contributed by atoms with E-state index in [1.54, 1.807) is 10.7 Å². The Kier molecular flexibility index (Phi) is 5.41. The highest BCUT2D eigenvalue weighted by Crippen LogP contribution is 2.29. The molecule has 0 spiro atoms. The van der Waals surface area contributed by atoms with Crippen molar-refractivity contribution < 1.29 is 9.18 Å². The number of rotatable bonds is 6. The molecule has 1 unspecified atom stereocenters. The fraction of sp³-hybridized carbons (Fsp3) is 0.500. The van der Waals surface area contributed by atoms with Gasteiger partial charge in [0.1, 0.15) is 11.5 Å². The molecule has 1 aromatic carbocycles. The van der Waals surface area contributed by atoms with Crippen molar-refractivity contribution in [3.05, 3.63) is 46.5 Å². The maximum atomic E-state index is 14.4. The van der Waals surface area contributed by atoms with Gasteiger partial charge in [0.2, 0.25) is 0 Å². The fourth-order valence-corrected chi connectivity index (χ4v) is 3.64. The largest absolute Gasteiger partial charge is 0.347 e. The number of carbonyl (C=O) groups is 1. The standard InChI is InChI=1S/C20H27FN4O/c1-12(2)9-14(11-22)23-20(26)19-15-5-4-6-17(15)25(24-19)18-8-7-13(3)10-16(18)21/h7-8,10,12,14H,4-6,9,11,22H2,1-3H3,(H,23,26). The van der Waals surface area contributed by atoms with Gasteiger partial charge in [0.15, 0.2) is 5.69 Å². The maximum Gasteiger partial charge on any atom is 0.272 e. The lowest BCUT2D eigenvalue weighted by Gasteiger charge is -2.18. The molecule has 0 saturated heterocycles. The van der Waals surface area contributed by atoms with E-state index in [4.69, 9.17) is 5.73 Å². The number of aryl methyl sites for hydroxylation is 1. The molecule has 0 bridgehead atoms. The first-order valence-corrected chi connectivity index (χ1v) is 9.29. The number of benzene rings is 1. The predicted molar refractivity (Wildman–Crippen MR) is 100 cm³/mol. The van der Waals surface area contributed by atoms with E-state index in [-0.39, 0.29) is 17.8 Å². The van der Waals surface area contributed by atoms with Crippen LogP contribution < -0.4 is 11.1 Å². The van der Waals surface area contributed by atoms with Gasteiger partial charge in [0, 0.05) is 23.8 Å². The van der Waals surface area contributed by atoms with Crippen LogP contribution in [0.4, 0.5) is 4.39 Å². The molecule has 2 aromatic rings. The Morgan fingerprint density at radius 1 is 1.38 bits per heavy atom. The zero-order valence-electron chi connectivity index (χ0n) is 15.7. The summed E-state index contributed by atoms with van der Waals surface area (Å²) in [6, 6.07) is 4.99. The zero-order valence-corrected chi connectivity index (χ0v) is 15.7. The highest BCUT2D eigenvalue weighted by Gasteiger charge is 2.28. The highest BCUT2D eigenvalue weighted by atomic mass is 19.1. The molecule has 3 rings (SSSR count). The van der Waals surface area contributed by atoms with Crippen LogP contribution in [0.25, 0.3) is 5.69 Å². The summed E-state index contributed by atoms with van der Waals surface area (Å²) in [7, 11) is 0. The van der Waals surface area contributed by atoms with Gasteiger partial charge in [-0.25, -0.2) is 9.07 Å². The molecule has 1 aliphatic carbocycles. The molecule has 1 aromatic heterocycles. The molecule has 0 fully saturated rings. The summed E-state index contributed by atoms with van der Waals surface area (Å²) in [5.74, 6) is -0.104. The zero-order chi connectivity index (χ0) is 18.8. The van der Waals surface area contributed by atoms with Gasteiger partial charge in [-0.3, -0.25) is 4.79 Å². The molecule has 0 aliphatic heterocycles. The van der Waals surface area contributed by atoms with Crippen molar-refractivity contribution in [2.75, 3.05) is 6.54 Å². The van der Waals surface area contributed by atoms with Gasteiger partial charge in [-0.2, -0.15) is 5.10 Å². The second kappa shape index (κ2) is 7.58. The second-order valence-corrected chi connectivity index (χ2v) is 7.53. The first-order chi connectivity index (χ1) is 12.4. The molecule has 0 saturated carbocycles. The van der Waals surface area contributed by atoms with Crippen molar-refractivity contribution in [2.45, 2.75) is 52.5 Å². The van der Waals surface area contributed by atoms with E-state index < -0.39 is 0 Å². The monoisotopic (exact) mass is 358 g/mol. The summed E-state index contributed by atoms with van der Waals surface area (Å²) < 4.78 is 16.0. The fourth-order valence-electron chi connectivity index (χ4n) is 3.64. The van der Waals surface area contributed by atoms with Gasteiger partial charge >= 0.3 is 0 Å². The van der Waals surface area contributed by atoms with Gasteiger partial charge in [-0.05, 0) is 56.2 Å². The van der Waals surface area contributed by atoms with E-state index in [2.05, 4.69) is 24.3 Å². The van der Waals surface area contributed by atoms with E-state index in [0.717, 1.165) is 42.5 Å². The smallest absolute Gasteiger partial charge is 0.272 e. The van der Waals surface area contributed by atoms with Crippen LogP contribution in [0.3, 0.4) is 0 Å². The van der Waals surface area contributed by atoms with Crippen LogP contribution in [-0.2, 0) is 12.8 Å². The molecule has 3 N–H and O–H groups in total. The Labute approximate surface area is 153 Å². The lowest BCUT2D eigenvalue weighted by Crippen LogP contribution is -2.41. The lowest BCUT2D eigenvalue weighted by molar-refractivity contribution is 0.0927. The minimum Gasteiger partial charge on any atom is -0.347 e. The van der Waals surface area contributed by atoms with Gasteiger partial charge in [-0.15, -0.1) is 0 Å². The van der Waals surface area contributed by atoms with Gasteiger partial charge in [0.05, 0.1) is 0 Å². The first kappa shape index (κ1) is 18.6. The molecular weight excluding hydrogens is 331 g/mol. The van der Waals surface area contributed by atoms with Crippen LogP contribution in [0.15, 0.2) is 18.2 Å². The van der Waals surface area contributed by atoms with Crippen LogP contribution in [0.5, 0.6) is 0 Å². The van der Waals surface area contributed by atoms with Crippen molar-refractivity contribution in [2.24, 2.45) is 11.7 Å². The topological polar surface area (TPSA) is 72.9 Å². The summed E-state index contributed by atoms with van der Waals surface area (Å²) in [6.45, 7) is 6.43. The van der Waals surface area contributed by atoms with Crippen LogP contribution in [-0.4, -0.2) is 28.3 Å². The van der Waals surface area contributed by atoms with Gasteiger partial charge in [-0.1, -0.05) is 19.9 Å². The average Bonchev–Trinajstić information content (AvgIpc) is 3.16. The Balaban J connectivity index is 1.93. The van der Waals surface area contributed by atoms with E-state index in [0.29, 0.717) is 23.8 Å². The van der Waals surface area contributed by atoms with Crippen LogP contribution >= 0.6 is 0 Å². The summed E-state index contributed by atoms with van der Waals surface area (Å²) in [4.78, 5) is 12.8. The van der Waals surface area contributed by atoms with Crippen LogP contribution in [0, 0.1) is 18.7 Å². The van der Waals surface area contributed by atoms with Crippen LogP contribution in [0.1, 0.15) is 54.0 Å². The van der Waals surface area contributed by atoms with Gasteiger partial charge < -0.3 is 11.1 Å². The number of amides is 1. The van der Waals surface area contributed by atoms with Crippen molar-refractivity contribution in [3.8, 4) is 5.69 Å². The Hall–Kier alpha value is -2.21. The maximum absolute atomic E-state index is 14.4. The number of hydrogen-bond donors (Lipinski definition) is 2. The molecule has 1 aliphatic rings. The minimum absolute atomic E-state index is 0.0826. The average molecular weight is 358 g/mol. The van der Waals surface area contributed by atoms with E-state index in [1.807, 2.05) is 13.0 Å². The van der Waals surface area contributed by atoms with Crippen molar-refractivity contribution in [3.63, 3.8) is 0 Å². The molecule has 1 atom stereocenters. The Morgan fingerprint density at radius 3 is 2.81 bits per heavy atom. The molecule has 1 heterocycles. The van der Waals surface area contributed by atoms with Crippen molar-refractivity contribution >= 4 is 5.91 Å². The third-order valence-corrected chi connectivity index (χ3v) is 4.85. The van der Waals surface area contributed by atoms with Gasteiger partial charge in [0.25, 0.3) is 5.91 Å². The molecule has 0 radical (unpaired) electrons. The molecule has 1 amide bonds. The normalized spacial score (nSPS) is 14.5. The number of carbonyl (C=O) groups excluding carboxylic acids is 1. The minimum atomic E-state index is -0.325. The Morgan fingerprint density at radius 2 is 2.15 bits per heavy atom. The Bertz CT molecular complexity index is 812. The number of nitrogens with two attached hydrogens (primary N) is 1. The molecule has 140 valence electrons. The number of halogens is 1. The number of nitrogens with one attached hydrogen (secondary N) is 1. The van der Waals surface area contributed by atoms with E-state index in [9.17, 15) is 9.18 Å². The van der Waals surface area contributed by atoms with E-state index >= 15 is 0 Å². The second-order valence-electron chi connectivity index (χ2n) is 7.53. The number of hydrogen-bond acceptors (Lipinski definition) is 3. The lowest BCUT2D eigenvalue weighted by atomic mass is 10.0. The predicted octanol–water partition coefficient (Wildman–Crippen LogP) is 2.91. The number of fused-ring (bicyclic) bond motifs is 1. The molecule has 5 nitrogen and oxygen atoms in total. The quantitative estimate of drug-likeness (QED) is 0.834. The number of nitrogens with zero attached hydrogens (tertiary/aromatic N) is 2. The number of aromatic nitrogens is 2. The van der Waals surface area contributed by atoms with E-state index in [1.165, 1.54) is 6.07 Å². The first-order valence-electron chi connectivity index (χ1n) is 9.29. The SMILES string of the molecule is Cc1ccc(-n2nc(C(=O)NC(CN)CC(C)C)c3c2CCC3)c(F)c1. The van der Waals surface area contributed by atoms with Crippen LogP contribution in [0.2, 0.25) is 0 Å². The summed E-state index contributed by atoms with van der Waals surface area (Å²) in [5.41, 5.74) is 9.32. The third kappa shape index (κ3) is 3.65. The summed E-state index contributed by atoms with van der Waals surface area (Å²) in [5, 5.41) is 7.48. The third-order valence-electron chi connectivity index (χ3n) is 4.85. The molecule has 6 heteroatoms. The molecule has 26 heavy (non-hydrogen) atoms. The van der Waals surface area contributed by atoms with Crippen molar-refractivity contribution in [1.29, 1.82) is 0 Å². The summed E-state index contributed by atoms with van der Waals surface area (Å²) in [6.07, 6.45) is 3.36. The summed E-state index contributed by atoms with van der Waals surface area (Å²) >= 11 is 0. The highest BCUT2D eigenvalue weighted by molar-refractivity contribution is 5.94. The molecular formula is C20H27FN4O. The van der Waals surface area contributed by atoms with Crippen molar-refractivity contribution in [1.82, 2.24) is 15.1 Å².